The summed E-state index contributed by atoms with van der Waals surface area (Å²) in [5.74, 6) is -5.57. The molecule has 0 aromatic rings. The molecule has 0 amide bonds. The van der Waals surface area contributed by atoms with E-state index in [1.54, 1.807) is 0 Å². The smallest absolute Gasteiger partial charge is 0.320 e. The fourth-order valence-electron chi connectivity index (χ4n) is 0.0858. The Morgan fingerprint density at radius 1 is 1.62 bits per heavy atom. The average molecular weight is 126 g/mol. The van der Waals surface area contributed by atoms with Crippen molar-refractivity contribution in [3.05, 3.63) is 12.4 Å². The molecule has 0 saturated heterocycles. The molecule has 0 aliphatic rings. The van der Waals surface area contributed by atoms with Gasteiger partial charge in [0, 0.05) is 0 Å². The highest BCUT2D eigenvalue weighted by molar-refractivity contribution is 4.96. The molecule has 0 heterocycles. The lowest BCUT2D eigenvalue weighted by molar-refractivity contribution is -0.0326. The minimum atomic E-state index is -3.76. The monoisotopic (exact) mass is 126 g/mol. The molecule has 0 spiro atoms. The predicted molar refractivity (Wildman–Crippen MR) is 22.3 cm³/mol. The van der Waals surface area contributed by atoms with Gasteiger partial charge in [-0.25, -0.2) is 4.39 Å². The summed E-state index contributed by atoms with van der Waals surface area (Å²) in [5, 5.41) is 7.71. The molecule has 0 rings (SSSR count). The van der Waals surface area contributed by atoms with Gasteiger partial charge in [-0.15, -0.1) is 0 Å². The van der Waals surface area contributed by atoms with E-state index in [2.05, 4.69) is 6.58 Å². The van der Waals surface area contributed by atoms with Crippen LogP contribution in [0.4, 0.5) is 13.2 Å². The molecule has 0 radical (unpaired) electrons. The van der Waals surface area contributed by atoms with E-state index in [4.69, 9.17) is 5.11 Å². The van der Waals surface area contributed by atoms with Crippen LogP contribution in [0.25, 0.3) is 0 Å². The second-order valence-electron chi connectivity index (χ2n) is 1.27. The lowest BCUT2D eigenvalue weighted by Crippen LogP contribution is -2.21. The minimum absolute atomic E-state index is 1.53. The van der Waals surface area contributed by atoms with Gasteiger partial charge in [-0.1, -0.05) is 6.58 Å². The van der Waals surface area contributed by atoms with E-state index < -0.39 is 18.4 Å². The first-order valence-corrected chi connectivity index (χ1v) is 1.84. The Hall–Kier alpha value is -0.510. The van der Waals surface area contributed by atoms with E-state index in [0.29, 0.717) is 0 Å². The summed E-state index contributed by atoms with van der Waals surface area (Å²) >= 11 is 0. The van der Waals surface area contributed by atoms with Gasteiger partial charge >= 0.3 is 5.92 Å². The molecule has 0 unspecified atom stereocenters. The van der Waals surface area contributed by atoms with Crippen LogP contribution in [-0.2, 0) is 0 Å². The summed E-state index contributed by atoms with van der Waals surface area (Å²) in [6, 6.07) is 0. The summed E-state index contributed by atoms with van der Waals surface area (Å²) in [7, 11) is 0. The summed E-state index contributed by atoms with van der Waals surface area (Å²) in [5.41, 5.74) is 0. The molecule has 48 valence electrons. The first-order chi connectivity index (χ1) is 3.50. The zero-order chi connectivity index (χ0) is 6.78. The van der Waals surface area contributed by atoms with Crippen molar-refractivity contribution in [2.75, 3.05) is 6.61 Å². The summed E-state index contributed by atoms with van der Waals surface area (Å²) in [6.07, 6.45) is 0. The standard InChI is InChI=1S/C4H5F3O/c1-3(5)4(6,7)2-8/h8H,1-2H2. The topological polar surface area (TPSA) is 20.2 Å². The third kappa shape index (κ3) is 1.54. The van der Waals surface area contributed by atoms with Crippen LogP contribution in [0.3, 0.4) is 0 Å². The van der Waals surface area contributed by atoms with Crippen molar-refractivity contribution >= 4 is 0 Å². The predicted octanol–water partition coefficient (Wildman–Crippen LogP) is 1.10. The number of hydrogen-bond donors (Lipinski definition) is 1. The second-order valence-corrected chi connectivity index (χ2v) is 1.27. The van der Waals surface area contributed by atoms with Crippen molar-refractivity contribution < 1.29 is 18.3 Å². The van der Waals surface area contributed by atoms with Gasteiger partial charge in [-0.2, -0.15) is 8.78 Å². The number of aliphatic hydroxyl groups is 1. The highest BCUT2D eigenvalue weighted by Crippen LogP contribution is 2.21. The zero-order valence-corrected chi connectivity index (χ0v) is 4.00. The van der Waals surface area contributed by atoms with Gasteiger partial charge in [0.1, 0.15) is 6.61 Å². The SMILES string of the molecule is C=C(F)C(F)(F)CO. The number of alkyl halides is 2. The van der Waals surface area contributed by atoms with E-state index in [-0.39, 0.29) is 0 Å². The minimum Gasteiger partial charge on any atom is -0.390 e. The summed E-state index contributed by atoms with van der Waals surface area (Å²) < 4.78 is 34.5. The lowest BCUT2D eigenvalue weighted by atomic mass is 10.3. The Kier molecular flexibility index (Phi) is 2.03. The molecule has 8 heavy (non-hydrogen) atoms. The van der Waals surface area contributed by atoms with Crippen molar-refractivity contribution in [2.45, 2.75) is 5.92 Å². The Morgan fingerprint density at radius 3 is 2.00 bits per heavy atom. The van der Waals surface area contributed by atoms with Crippen molar-refractivity contribution in [2.24, 2.45) is 0 Å². The molecule has 1 N–H and O–H groups in total. The fourth-order valence-corrected chi connectivity index (χ4v) is 0.0858. The van der Waals surface area contributed by atoms with E-state index in [1.807, 2.05) is 0 Å². The molecular weight excluding hydrogens is 121 g/mol. The van der Waals surface area contributed by atoms with Crippen molar-refractivity contribution in [3.63, 3.8) is 0 Å². The first kappa shape index (κ1) is 7.49. The average Bonchev–Trinajstić information content (AvgIpc) is 1.67. The third-order valence-corrected chi connectivity index (χ3v) is 0.595. The van der Waals surface area contributed by atoms with E-state index in [0.717, 1.165) is 0 Å². The van der Waals surface area contributed by atoms with Crippen LogP contribution < -0.4 is 0 Å². The maximum Gasteiger partial charge on any atom is 0.320 e. The molecule has 0 saturated carbocycles. The molecule has 0 aromatic heterocycles. The number of rotatable bonds is 2. The van der Waals surface area contributed by atoms with Gasteiger partial charge in [0.15, 0.2) is 5.83 Å². The van der Waals surface area contributed by atoms with Crippen molar-refractivity contribution in [3.8, 4) is 0 Å². The van der Waals surface area contributed by atoms with Gasteiger partial charge in [0.25, 0.3) is 0 Å². The second kappa shape index (κ2) is 2.17. The molecular formula is C4H5F3O. The maximum absolute atomic E-state index is 11.6. The van der Waals surface area contributed by atoms with Crippen LogP contribution in [0.1, 0.15) is 0 Å². The van der Waals surface area contributed by atoms with Crippen LogP contribution in [0, 0.1) is 0 Å². The van der Waals surface area contributed by atoms with Gasteiger partial charge in [-0.05, 0) is 0 Å². The van der Waals surface area contributed by atoms with Crippen LogP contribution in [0.5, 0.6) is 0 Å². The van der Waals surface area contributed by atoms with Crippen LogP contribution in [0.15, 0.2) is 12.4 Å². The van der Waals surface area contributed by atoms with E-state index in [1.165, 1.54) is 0 Å². The Balaban J connectivity index is 3.91. The zero-order valence-electron chi connectivity index (χ0n) is 4.00. The normalized spacial score (nSPS) is 11.5. The van der Waals surface area contributed by atoms with Crippen molar-refractivity contribution in [1.82, 2.24) is 0 Å². The van der Waals surface area contributed by atoms with Crippen LogP contribution in [0.2, 0.25) is 0 Å². The molecule has 1 nitrogen and oxygen atoms in total. The van der Waals surface area contributed by atoms with Crippen molar-refractivity contribution in [1.29, 1.82) is 0 Å². The van der Waals surface area contributed by atoms with Crippen LogP contribution >= 0.6 is 0 Å². The van der Waals surface area contributed by atoms with E-state index >= 15 is 0 Å². The highest BCUT2D eigenvalue weighted by Gasteiger charge is 2.32. The molecule has 0 fully saturated rings. The maximum atomic E-state index is 11.6. The lowest BCUT2D eigenvalue weighted by Gasteiger charge is -2.07. The molecule has 0 atom stereocenters. The molecule has 0 aliphatic carbocycles. The summed E-state index contributed by atoms with van der Waals surface area (Å²) in [4.78, 5) is 0. The number of aliphatic hydroxyl groups excluding tert-OH is 1. The fraction of sp³-hybridized carbons (Fsp3) is 0.500. The number of hydrogen-bond acceptors (Lipinski definition) is 1. The van der Waals surface area contributed by atoms with Gasteiger partial charge in [0.2, 0.25) is 0 Å². The van der Waals surface area contributed by atoms with Gasteiger partial charge in [-0.3, -0.25) is 0 Å². The van der Waals surface area contributed by atoms with E-state index in [9.17, 15) is 13.2 Å². The Bertz CT molecular complexity index is 99.5. The van der Waals surface area contributed by atoms with Crippen LogP contribution in [-0.4, -0.2) is 17.6 Å². The van der Waals surface area contributed by atoms with Gasteiger partial charge in [0.05, 0.1) is 0 Å². The first-order valence-electron chi connectivity index (χ1n) is 1.84. The Morgan fingerprint density at radius 2 is 2.00 bits per heavy atom. The largest absolute Gasteiger partial charge is 0.390 e. The third-order valence-electron chi connectivity index (χ3n) is 0.595. The van der Waals surface area contributed by atoms with Gasteiger partial charge < -0.3 is 5.11 Å². The summed E-state index contributed by atoms with van der Waals surface area (Å²) in [6.45, 7) is 0.796. The molecule has 0 bridgehead atoms. The Labute approximate surface area is 44.4 Å². The molecule has 4 heteroatoms. The molecule has 0 aromatic carbocycles. The molecule has 0 aliphatic heterocycles. The number of halogens is 3. The quantitative estimate of drug-likeness (QED) is 0.587. The highest BCUT2D eigenvalue weighted by atomic mass is 19.3.